The van der Waals surface area contributed by atoms with E-state index in [-0.39, 0.29) is 12.4 Å². The predicted octanol–water partition coefficient (Wildman–Crippen LogP) is -1.80. The van der Waals surface area contributed by atoms with Crippen molar-refractivity contribution >= 4 is 5.84 Å². The highest BCUT2D eigenvalue weighted by atomic mass is 16.6. The first-order chi connectivity index (χ1) is 9.08. The van der Waals surface area contributed by atoms with Crippen LogP contribution in [-0.2, 0) is 14.2 Å². The highest BCUT2D eigenvalue weighted by molar-refractivity contribution is 5.91. The molecule has 4 N–H and O–H groups in total. The molecule has 5 atom stereocenters. The molecule has 8 nitrogen and oxygen atoms in total. The van der Waals surface area contributed by atoms with Gasteiger partial charge in [-0.2, -0.15) is 0 Å². The van der Waals surface area contributed by atoms with E-state index >= 15 is 0 Å². The van der Waals surface area contributed by atoms with Crippen molar-refractivity contribution in [1.29, 1.82) is 0 Å². The lowest BCUT2D eigenvalue weighted by Crippen LogP contribution is -2.48. The first kappa shape index (κ1) is 14.2. The molecule has 0 aromatic heterocycles. The van der Waals surface area contributed by atoms with Gasteiger partial charge >= 0.3 is 0 Å². The second-order valence-corrected chi connectivity index (χ2v) is 4.37. The fraction of sp³-hybridized carbons (Fsp3) is 0.727. The Morgan fingerprint density at radius 2 is 2.21 bits per heavy atom. The molecule has 0 spiro atoms. The van der Waals surface area contributed by atoms with E-state index in [2.05, 4.69) is 4.99 Å². The van der Waals surface area contributed by atoms with Crippen LogP contribution in [0.25, 0.3) is 0 Å². The molecule has 0 aromatic rings. The van der Waals surface area contributed by atoms with Crippen LogP contribution in [0.5, 0.6) is 0 Å². The molecule has 0 bridgehead atoms. The highest BCUT2D eigenvalue weighted by Gasteiger charge is 2.47. The molecule has 108 valence electrons. The van der Waals surface area contributed by atoms with Gasteiger partial charge < -0.3 is 35.1 Å². The Labute approximate surface area is 111 Å². The van der Waals surface area contributed by atoms with Crippen LogP contribution in [0.4, 0.5) is 0 Å². The van der Waals surface area contributed by atoms with Crippen LogP contribution >= 0.6 is 0 Å². The van der Waals surface area contributed by atoms with Gasteiger partial charge in [0.15, 0.2) is 6.23 Å². The lowest BCUT2D eigenvalue weighted by molar-refractivity contribution is -0.136. The average molecular weight is 273 g/mol. The van der Waals surface area contributed by atoms with Gasteiger partial charge in [0.05, 0.1) is 6.61 Å². The third-order valence-corrected chi connectivity index (χ3v) is 3.16. The zero-order chi connectivity index (χ0) is 14.0. The minimum atomic E-state index is -1.17. The Morgan fingerprint density at radius 3 is 2.79 bits per heavy atom. The molecule has 0 amide bonds. The molecule has 1 unspecified atom stereocenters. The number of aliphatic imine (C=N–C) groups is 1. The minimum absolute atomic E-state index is 0.227. The van der Waals surface area contributed by atoms with E-state index in [0.717, 1.165) is 0 Å². The van der Waals surface area contributed by atoms with E-state index in [1.165, 1.54) is 19.1 Å². The maximum absolute atomic E-state index is 10.1. The maximum atomic E-state index is 10.1. The molecule has 2 rings (SSSR count). The molecule has 2 heterocycles. The standard InChI is InChI=1S/C11H19N3O5/c1-17-5-6-8(15)9(18-2)10(19-6)14-4-3-7(12)13-11(14)16/h3-4,6,8-11,15-16H,5H2,1-2H3,(H2,12,13)/t6-,8-,9-,10-,11?/m1/s1. The van der Waals surface area contributed by atoms with Crippen LogP contribution < -0.4 is 5.73 Å². The van der Waals surface area contributed by atoms with Gasteiger partial charge in [0.2, 0.25) is 6.35 Å². The molecule has 1 fully saturated rings. The Balaban J connectivity index is 2.13. The molecule has 2 aliphatic heterocycles. The van der Waals surface area contributed by atoms with Gasteiger partial charge in [-0.3, -0.25) is 0 Å². The molecule has 8 heteroatoms. The second kappa shape index (κ2) is 5.85. The molecule has 0 saturated carbocycles. The largest absolute Gasteiger partial charge is 0.387 e. The van der Waals surface area contributed by atoms with Crippen LogP contribution in [-0.4, -0.2) is 72.7 Å². The summed E-state index contributed by atoms with van der Waals surface area (Å²) in [5, 5.41) is 20.0. The fourth-order valence-electron chi connectivity index (χ4n) is 2.21. The summed E-state index contributed by atoms with van der Waals surface area (Å²) >= 11 is 0. The number of aliphatic hydroxyl groups is 2. The number of hydrogen-bond acceptors (Lipinski definition) is 8. The topological polar surface area (TPSA) is 110 Å². The second-order valence-electron chi connectivity index (χ2n) is 4.37. The average Bonchev–Trinajstić information content (AvgIpc) is 2.67. The van der Waals surface area contributed by atoms with E-state index < -0.39 is 30.9 Å². The number of nitrogens with zero attached hydrogens (tertiary/aromatic N) is 2. The Morgan fingerprint density at radius 1 is 1.47 bits per heavy atom. The number of methoxy groups -OCH3 is 2. The van der Waals surface area contributed by atoms with E-state index in [4.69, 9.17) is 19.9 Å². The Kier molecular flexibility index (Phi) is 4.38. The SMILES string of the molecule is COC[C@H]1O[C@@H](N2C=CC(N)=NC2O)[C@H](OC)[C@@H]1O. The molecule has 19 heavy (non-hydrogen) atoms. The summed E-state index contributed by atoms with van der Waals surface area (Å²) < 4.78 is 15.9. The zero-order valence-corrected chi connectivity index (χ0v) is 10.8. The summed E-state index contributed by atoms with van der Waals surface area (Å²) in [4.78, 5) is 5.25. The van der Waals surface area contributed by atoms with Crippen molar-refractivity contribution in [2.45, 2.75) is 30.9 Å². The van der Waals surface area contributed by atoms with Crippen molar-refractivity contribution < 1.29 is 24.4 Å². The van der Waals surface area contributed by atoms with Crippen LogP contribution in [0.3, 0.4) is 0 Å². The number of ether oxygens (including phenoxy) is 3. The van der Waals surface area contributed by atoms with Gasteiger partial charge in [-0.25, -0.2) is 4.99 Å². The van der Waals surface area contributed by atoms with E-state index in [1.807, 2.05) is 0 Å². The fourth-order valence-corrected chi connectivity index (χ4v) is 2.21. The van der Waals surface area contributed by atoms with Gasteiger partial charge in [0.1, 0.15) is 24.1 Å². The molecular formula is C11H19N3O5. The summed E-state index contributed by atoms with van der Waals surface area (Å²) in [7, 11) is 2.99. The number of rotatable bonds is 4. The number of aliphatic hydroxyl groups excluding tert-OH is 2. The lowest BCUT2D eigenvalue weighted by Gasteiger charge is -2.33. The van der Waals surface area contributed by atoms with Crippen LogP contribution in [0.2, 0.25) is 0 Å². The van der Waals surface area contributed by atoms with Crippen molar-refractivity contribution in [2.75, 3.05) is 20.8 Å². The molecule has 1 saturated heterocycles. The van der Waals surface area contributed by atoms with Gasteiger partial charge in [0, 0.05) is 20.4 Å². The summed E-state index contributed by atoms with van der Waals surface area (Å²) in [5.74, 6) is 0.227. The van der Waals surface area contributed by atoms with Crippen LogP contribution in [0.1, 0.15) is 0 Å². The minimum Gasteiger partial charge on any atom is -0.387 e. The highest BCUT2D eigenvalue weighted by Crippen LogP contribution is 2.28. The number of amidine groups is 1. The first-order valence-electron chi connectivity index (χ1n) is 5.90. The van der Waals surface area contributed by atoms with Crippen molar-refractivity contribution in [1.82, 2.24) is 4.90 Å². The summed E-state index contributed by atoms with van der Waals surface area (Å²) in [6.45, 7) is 0.233. The van der Waals surface area contributed by atoms with Crippen LogP contribution in [0, 0.1) is 0 Å². The van der Waals surface area contributed by atoms with Gasteiger partial charge in [-0.15, -0.1) is 0 Å². The van der Waals surface area contributed by atoms with Crippen LogP contribution in [0.15, 0.2) is 17.3 Å². The van der Waals surface area contributed by atoms with Crippen molar-refractivity contribution in [2.24, 2.45) is 10.7 Å². The third kappa shape index (κ3) is 2.72. The molecule has 0 radical (unpaired) electrons. The van der Waals surface area contributed by atoms with E-state index in [0.29, 0.717) is 0 Å². The van der Waals surface area contributed by atoms with E-state index in [9.17, 15) is 10.2 Å². The maximum Gasteiger partial charge on any atom is 0.229 e. The lowest BCUT2D eigenvalue weighted by atomic mass is 10.1. The predicted molar refractivity (Wildman–Crippen MR) is 65.9 cm³/mol. The zero-order valence-electron chi connectivity index (χ0n) is 10.8. The first-order valence-corrected chi connectivity index (χ1v) is 5.90. The number of hydrogen-bond donors (Lipinski definition) is 3. The molecule has 2 aliphatic rings. The Hall–Kier alpha value is -1.19. The summed E-state index contributed by atoms with van der Waals surface area (Å²) in [5.41, 5.74) is 5.49. The van der Waals surface area contributed by atoms with E-state index in [1.54, 1.807) is 12.3 Å². The summed E-state index contributed by atoms with van der Waals surface area (Å²) in [6.07, 6.45) is -0.717. The summed E-state index contributed by atoms with van der Waals surface area (Å²) in [6, 6.07) is 0. The normalized spacial score (nSPS) is 38.6. The number of nitrogens with two attached hydrogens (primary N) is 1. The molecule has 0 aromatic carbocycles. The third-order valence-electron chi connectivity index (χ3n) is 3.16. The molecular weight excluding hydrogens is 254 g/mol. The Bertz CT molecular complexity index is 375. The monoisotopic (exact) mass is 273 g/mol. The smallest absolute Gasteiger partial charge is 0.229 e. The van der Waals surface area contributed by atoms with Gasteiger partial charge in [0.25, 0.3) is 0 Å². The quantitative estimate of drug-likeness (QED) is 0.554. The van der Waals surface area contributed by atoms with Gasteiger partial charge in [-0.05, 0) is 6.08 Å². The van der Waals surface area contributed by atoms with Crippen molar-refractivity contribution in [3.8, 4) is 0 Å². The van der Waals surface area contributed by atoms with Crippen molar-refractivity contribution in [3.05, 3.63) is 12.3 Å². The van der Waals surface area contributed by atoms with Crippen molar-refractivity contribution in [3.63, 3.8) is 0 Å². The van der Waals surface area contributed by atoms with Gasteiger partial charge in [-0.1, -0.05) is 0 Å². The molecule has 0 aliphatic carbocycles.